The van der Waals surface area contributed by atoms with Crippen LogP contribution < -0.4 is 5.46 Å². The topological polar surface area (TPSA) is 18.5 Å². The van der Waals surface area contributed by atoms with Crippen LogP contribution in [0.3, 0.4) is 0 Å². The largest absolute Gasteiger partial charge is 0.494 e. The number of benzene rings is 1. The summed E-state index contributed by atoms with van der Waals surface area (Å²) >= 11 is 3.46. The van der Waals surface area contributed by atoms with E-state index in [9.17, 15) is 0 Å². The van der Waals surface area contributed by atoms with Gasteiger partial charge in [0.1, 0.15) is 0 Å². The molecule has 0 radical (unpaired) electrons. The summed E-state index contributed by atoms with van der Waals surface area (Å²) in [6, 6.07) is 8.30. The second-order valence-corrected chi connectivity index (χ2v) is 6.03. The van der Waals surface area contributed by atoms with Gasteiger partial charge in [-0.15, -0.1) is 0 Å². The number of rotatable bonds is 2. The van der Waals surface area contributed by atoms with Crippen LogP contribution in [-0.2, 0) is 14.6 Å². The maximum absolute atomic E-state index is 6.01. The molecule has 0 unspecified atom stereocenters. The van der Waals surface area contributed by atoms with Crippen molar-refractivity contribution >= 4 is 28.5 Å². The van der Waals surface area contributed by atoms with Crippen molar-refractivity contribution in [1.29, 1.82) is 0 Å². The molecule has 0 atom stereocenters. The molecule has 1 aromatic carbocycles. The van der Waals surface area contributed by atoms with Gasteiger partial charge >= 0.3 is 7.12 Å². The van der Waals surface area contributed by atoms with Gasteiger partial charge in [-0.2, -0.15) is 0 Å². The van der Waals surface area contributed by atoms with E-state index in [0.29, 0.717) is 0 Å². The zero-order valence-corrected chi connectivity index (χ0v) is 12.4. The summed E-state index contributed by atoms with van der Waals surface area (Å²) in [4.78, 5) is 0. The first-order valence-corrected chi connectivity index (χ1v) is 6.98. The fraction of sp³-hybridized carbons (Fsp3) is 0.538. The number of hydrogen-bond donors (Lipinski definition) is 0. The first-order valence-electron chi connectivity index (χ1n) is 5.86. The third-order valence-corrected chi connectivity index (χ3v) is 4.28. The van der Waals surface area contributed by atoms with Crippen LogP contribution in [0.15, 0.2) is 24.3 Å². The van der Waals surface area contributed by atoms with Gasteiger partial charge in [-0.3, -0.25) is 0 Å². The van der Waals surface area contributed by atoms with Crippen molar-refractivity contribution in [2.75, 3.05) is 0 Å². The average Bonchev–Trinajstić information content (AvgIpc) is 2.48. The van der Waals surface area contributed by atoms with Gasteiger partial charge in [-0.25, -0.2) is 0 Å². The first-order chi connectivity index (χ1) is 7.86. The molecule has 1 aromatic rings. The quantitative estimate of drug-likeness (QED) is 0.617. The molecule has 0 aromatic heterocycles. The fourth-order valence-electron chi connectivity index (χ4n) is 1.80. The van der Waals surface area contributed by atoms with Crippen molar-refractivity contribution in [3.8, 4) is 0 Å². The summed E-state index contributed by atoms with van der Waals surface area (Å²) in [7, 11) is -0.265. The van der Waals surface area contributed by atoms with E-state index in [1.165, 1.54) is 5.56 Å². The highest BCUT2D eigenvalue weighted by Gasteiger charge is 2.51. The zero-order valence-electron chi connectivity index (χ0n) is 10.8. The van der Waals surface area contributed by atoms with Gasteiger partial charge in [0, 0.05) is 5.33 Å². The lowest BCUT2D eigenvalue weighted by atomic mass is 9.78. The van der Waals surface area contributed by atoms with Gasteiger partial charge in [-0.1, -0.05) is 40.2 Å². The second kappa shape index (κ2) is 4.41. The van der Waals surface area contributed by atoms with Gasteiger partial charge in [0.15, 0.2) is 0 Å². The third kappa shape index (κ3) is 2.44. The molecule has 0 amide bonds. The standard InChI is InChI=1S/C13H18BBrO2/c1-12(2)13(3,4)17-14(16-12)11-7-5-6-10(8-11)9-15/h5-8H,9H2,1-4H3. The van der Waals surface area contributed by atoms with Gasteiger partial charge < -0.3 is 9.31 Å². The number of halogens is 1. The molecule has 1 aliphatic rings. The summed E-state index contributed by atoms with van der Waals surface area (Å²) in [6.45, 7) is 8.28. The second-order valence-electron chi connectivity index (χ2n) is 5.47. The molecule has 0 bridgehead atoms. The van der Waals surface area contributed by atoms with E-state index in [1.54, 1.807) is 0 Å². The summed E-state index contributed by atoms with van der Waals surface area (Å²) in [5, 5.41) is 0.848. The van der Waals surface area contributed by atoms with E-state index < -0.39 is 0 Å². The maximum atomic E-state index is 6.01. The zero-order chi connectivity index (χ0) is 12.7. The average molecular weight is 297 g/mol. The molecule has 0 saturated carbocycles. The summed E-state index contributed by atoms with van der Waals surface area (Å²) in [6.07, 6.45) is 0. The van der Waals surface area contributed by atoms with Crippen LogP contribution in [0.5, 0.6) is 0 Å². The van der Waals surface area contributed by atoms with E-state index in [-0.39, 0.29) is 18.3 Å². The Balaban J connectivity index is 2.25. The van der Waals surface area contributed by atoms with Crippen LogP contribution in [0, 0.1) is 0 Å². The Kier molecular flexibility index (Phi) is 3.41. The van der Waals surface area contributed by atoms with Gasteiger partial charge in [0.25, 0.3) is 0 Å². The highest BCUT2D eigenvalue weighted by atomic mass is 79.9. The van der Waals surface area contributed by atoms with Crippen LogP contribution in [0.1, 0.15) is 33.3 Å². The Bertz CT molecular complexity index is 402. The van der Waals surface area contributed by atoms with Crippen molar-refractivity contribution in [3.63, 3.8) is 0 Å². The van der Waals surface area contributed by atoms with Crippen LogP contribution in [-0.4, -0.2) is 18.3 Å². The van der Waals surface area contributed by atoms with Crippen molar-refractivity contribution in [2.24, 2.45) is 0 Å². The molecule has 1 saturated heterocycles. The van der Waals surface area contributed by atoms with E-state index in [0.717, 1.165) is 10.8 Å². The normalized spacial score (nSPS) is 21.8. The Morgan fingerprint density at radius 3 is 2.24 bits per heavy atom. The smallest absolute Gasteiger partial charge is 0.399 e. The molecule has 0 N–H and O–H groups in total. The van der Waals surface area contributed by atoms with E-state index in [4.69, 9.17) is 9.31 Å². The Hall–Kier alpha value is -0.315. The molecule has 1 aliphatic heterocycles. The molecule has 0 spiro atoms. The monoisotopic (exact) mass is 296 g/mol. The molecule has 92 valence electrons. The molecular formula is C13H18BBrO2. The van der Waals surface area contributed by atoms with Crippen LogP contribution in [0.4, 0.5) is 0 Å². The lowest BCUT2D eigenvalue weighted by Gasteiger charge is -2.32. The predicted molar refractivity (Wildman–Crippen MR) is 74.8 cm³/mol. The predicted octanol–water partition coefficient (Wildman–Crippen LogP) is 2.88. The van der Waals surface area contributed by atoms with Crippen LogP contribution in [0.2, 0.25) is 0 Å². The van der Waals surface area contributed by atoms with Gasteiger partial charge in [-0.05, 0) is 38.7 Å². The van der Waals surface area contributed by atoms with Crippen molar-refractivity contribution in [3.05, 3.63) is 29.8 Å². The summed E-state index contributed by atoms with van der Waals surface area (Å²) < 4.78 is 12.0. The lowest BCUT2D eigenvalue weighted by molar-refractivity contribution is 0.00578. The van der Waals surface area contributed by atoms with Crippen molar-refractivity contribution < 1.29 is 9.31 Å². The van der Waals surface area contributed by atoms with Gasteiger partial charge in [0.05, 0.1) is 11.2 Å². The molecule has 1 heterocycles. The number of hydrogen-bond acceptors (Lipinski definition) is 2. The molecule has 0 aliphatic carbocycles. The Labute approximate surface area is 112 Å². The molecule has 2 nitrogen and oxygen atoms in total. The minimum Gasteiger partial charge on any atom is -0.399 e. The lowest BCUT2D eigenvalue weighted by Crippen LogP contribution is -2.41. The molecule has 1 fully saturated rings. The highest BCUT2D eigenvalue weighted by molar-refractivity contribution is 9.08. The molecule has 2 rings (SSSR count). The van der Waals surface area contributed by atoms with Crippen LogP contribution >= 0.6 is 15.9 Å². The third-order valence-electron chi connectivity index (χ3n) is 3.63. The number of alkyl halides is 1. The molecule has 17 heavy (non-hydrogen) atoms. The first kappa shape index (κ1) is 13.1. The maximum Gasteiger partial charge on any atom is 0.494 e. The highest BCUT2D eigenvalue weighted by Crippen LogP contribution is 2.36. The Morgan fingerprint density at radius 1 is 1.12 bits per heavy atom. The summed E-state index contributed by atoms with van der Waals surface area (Å²) in [5.41, 5.74) is 1.77. The Morgan fingerprint density at radius 2 is 1.71 bits per heavy atom. The van der Waals surface area contributed by atoms with E-state index in [1.807, 2.05) is 12.1 Å². The molecular weight excluding hydrogens is 279 g/mol. The van der Waals surface area contributed by atoms with Crippen molar-refractivity contribution in [2.45, 2.75) is 44.2 Å². The summed E-state index contributed by atoms with van der Waals surface area (Å²) in [5.74, 6) is 0. The minimum absolute atomic E-state index is 0.265. The van der Waals surface area contributed by atoms with E-state index in [2.05, 4.69) is 55.8 Å². The molecule has 4 heteroatoms. The SMILES string of the molecule is CC1(C)OB(c2cccc(CBr)c2)OC1(C)C. The fourth-order valence-corrected chi connectivity index (χ4v) is 2.15. The van der Waals surface area contributed by atoms with Gasteiger partial charge in [0.2, 0.25) is 0 Å². The van der Waals surface area contributed by atoms with E-state index >= 15 is 0 Å². The van der Waals surface area contributed by atoms with Crippen molar-refractivity contribution in [1.82, 2.24) is 0 Å². The van der Waals surface area contributed by atoms with Crippen LogP contribution in [0.25, 0.3) is 0 Å². The minimum atomic E-state index is -0.276.